The Morgan fingerprint density at radius 3 is 2.30 bits per heavy atom. The summed E-state index contributed by atoms with van der Waals surface area (Å²) in [5, 5.41) is 5.48. The largest absolute Gasteiger partial charge is 0.334 e. The van der Waals surface area contributed by atoms with E-state index in [1.54, 1.807) is 26.2 Å². The molecule has 2 N–H and O–H groups in total. The van der Waals surface area contributed by atoms with Crippen LogP contribution in [0, 0.1) is 27.7 Å². The van der Waals surface area contributed by atoms with Gasteiger partial charge in [-0.25, -0.2) is 4.79 Å². The molecule has 2 aromatic rings. The average Bonchev–Trinajstić information content (AvgIpc) is 2.46. The summed E-state index contributed by atoms with van der Waals surface area (Å²) in [5.41, 5.74) is 5.43. The number of aryl methyl sites for hydroxylation is 5. The minimum atomic E-state index is -0.379. The molecule has 1 aromatic carbocycles. The standard InChI is InChI=1S/C18H23N3O2/c1-11-8-13(3)15(14(4)9-11)10-19-18(23)20-16-12(2)6-7-21(5)17(16)22/h6-9H,10H2,1-5H3,(H2,19,20,23). The van der Waals surface area contributed by atoms with E-state index in [4.69, 9.17) is 0 Å². The van der Waals surface area contributed by atoms with Gasteiger partial charge in [0.05, 0.1) is 0 Å². The van der Waals surface area contributed by atoms with E-state index in [9.17, 15) is 9.59 Å². The first-order valence-corrected chi connectivity index (χ1v) is 7.57. The lowest BCUT2D eigenvalue weighted by atomic mass is 10.00. The normalized spacial score (nSPS) is 10.5. The summed E-state index contributed by atoms with van der Waals surface area (Å²) < 4.78 is 1.44. The van der Waals surface area contributed by atoms with Gasteiger partial charge in [0, 0.05) is 19.8 Å². The van der Waals surface area contributed by atoms with Gasteiger partial charge in [0.1, 0.15) is 5.69 Å². The molecule has 0 fully saturated rings. The van der Waals surface area contributed by atoms with Gasteiger partial charge in [0.25, 0.3) is 5.56 Å². The molecule has 23 heavy (non-hydrogen) atoms. The maximum atomic E-state index is 12.1. The maximum absolute atomic E-state index is 12.1. The first-order chi connectivity index (χ1) is 10.8. The van der Waals surface area contributed by atoms with E-state index < -0.39 is 0 Å². The van der Waals surface area contributed by atoms with Gasteiger partial charge in [-0.2, -0.15) is 0 Å². The Labute approximate surface area is 136 Å². The van der Waals surface area contributed by atoms with Crippen molar-refractivity contribution in [1.82, 2.24) is 9.88 Å². The summed E-state index contributed by atoms with van der Waals surface area (Å²) in [6.07, 6.45) is 1.68. The Morgan fingerprint density at radius 2 is 1.70 bits per heavy atom. The number of aromatic nitrogens is 1. The number of benzene rings is 1. The van der Waals surface area contributed by atoms with Crippen LogP contribution >= 0.6 is 0 Å². The van der Waals surface area contributed by atoms with Crippen LogP contribution in [-0.2, 0) is 13.6 Å². The fourth-order valence-electron chi connectivity index (χ4n) is 2.69. The molecule has 122 valence electrons. The molecule has 0 radical (unpaired) electrons. The lowest BCUT2D eigenvalue weighted by Crippen LogP contribution is -2.32. The Bertz CT molecular complexity index is 783. The lowest BCUT2D eigenvalue weighted by Gasteiger charge is -2.14. The molecule has 0 bridgehead atoms. The molecule has 2 rings (SSSR count). The molecule has 5 heteroatoms. The third kappa shape index (κ3) is 3.80. The minimum Gasteiger partial charge on any atom is -0.334 e. The van der Waals surface area contributed by atoms with Crippen molar-refractivity contribution in [2.45, 2.75) is 34.2 Å². The van der Waals surface area contributed by atoms with Crippen LogP contribution in [0.1, 0.15) is 27.8 Å². The molecule has 0 unspecified atom stereocenters. The molecular weight excluding hydrogens is 290 g/mol. The number of nitrogens with zero attached hydrogens (tertiary/aromatic N) is 1. The highest BCUT2D eigenvalue weighted by atomic mass is 16.2. The topological polar surface area (TPSA) is 63.1 Å². The molecule has 0 aliphatic heterocycles. The number of hydrogen-bond acceptors (Lipinski definition) is 2. The smallest absolute Gasteiger partial charge is 0.319 e. The average molecular weight is 313 g/mol. The molecule has 0 atom stereocenters. The Hall–Kier alpha value is -2.56. The van der Waals surface area contributed by atoms with Crippen molar-refractivity contribution in [3.8, 4) is 0 Å². The number of rotatable bonds is 3. The predicted molar refractivity (Wildman–Crippen MR) is 92.9 cm³/mol. The highest BCUT2D eigenvalue weighted by Gasteiger charge is 2.11. The highest BCUT2D eigenvalue weighted by molar-refractivity contribution is 5.89. The zero-order valence-electron chi connectivity index (χ0n) is 14.3. The van der Waals surface area contributed by atoms with Crippen LogP contribution in [0.2, 0.25) is 0 Å². The molecular formula is C18H23N3O2. The summed E-state index contributed by atoms with van der Waals surface area (Å²) in [6, 6.07) is 5.61. The molecule has 0 saturated heterocycles. The van der Waals surface area contributed by atoms with E-state index >= 15 is 0 Å². The first kappa shape index (κ1) is 16.8. The van der Waals surface area contributed by atoms with Crippen LogP contribution < -0.4 is 16.2 Å². The Morgan fingerprint density at radius 1 is 1.09 bits per heavy atom. The van der Waals surface area contributed by atoms with Gasteiger partial charge in [0.2, 0.25) is 0 Å². The number of amides is 2. The van der Waals surface area contributed by atoms with Crippen molar-refractivity contribution in [1.29, 1.82) is 0 Å². The van der Waals surface area contributed by atoms with E-state index in [-0.39, 0.29) is 11.6 Å². The SMILES string of the molecule is Cc1cc(C)c(CNC(=O)Nc2c(C)ccn(C)c2=O)c(C)c1. The van der Waals surface area contributed by atoms with Gasteiger partial charge in [0.15, 0.2) is 0 Å². The summed E-state index contributed by atoms with van der Waals surface area (Å²) in [6.45, 7) is 8.34. The second-order valence-corrected chi connectivity index (χ2v) is 5.97. The van der Waals surface area contributed by atoms with Gasteiger partial charge < -0.3 is 15.2 Å². The number of carbonyl (C=O) groups is 1. The van der Waals surface area contributed by atoms with Gasteiger partial charge in [-0.15, -0.1) is 0 Å². The van der Waals surface area contributed by atoms with Crippen molar-refractivity contribution in [3.63, 3.8) is 0 Å². The van der Waals surface area contributed by atoms with Crippen molar-refractivity contribution >= 4 is 11.7 Å². The summed E-state index contributed by atoms with van der Waals surface area (Å²) in [5.74, 6) is 0. The van der Waals surface area contributed by atoms with E-state index in [1.165, 1.54) is 10.1 Å². The van der Waals surface area contributed by atoms with Gasteiger partial charge in [-0.3, -0.25) is 4.79 Å². The number of nitrogens with one attached hydrogen (secondary N) is 2. The Kier molecular flexibility index (Phi) is 4.89. The fraction of sp³-hybridized carbons (Fsp3) is 0.333. The number of carbonyl (C=O) groups excluding carboxylic acids is 1. The van der Waals surface area contributed by atoms with Crippen molar-refractivity contribution in [3.05, 3.63) is 62.6 Å². The summed E-state index contributed by atoms with van der Waals surface area (Å²) in [7, 11) is 1.66. The zero-order valence-corrected chi connectivity index (χ0v) is 14.3. The van der Waals surface area contributed by atoms with Crippen LogP contribution in [0.4, 0.5) is 10.5 Å². The molecule has 0 saturated carbocycles. The number of anilines is 1. The zero-order chi connectivity index (χ0) is 17.1. The minimum absolute atomic E-state index is 0.220. The fourth-order valence-corrected chi connectivity index (χ4v) is 2.69. The molecule has 0 aliphatic rings. The van der Waals surface area contributed by atoms with Crippen LogP contribution in [-0.4, -0.2) is 10.6 Å². The lowest BCUT2D eigenvalue weighted by molar-refractivity contribution is 0.251. The Balaban J connectivity index is 2.10. The van der Waals surface area contributed by atoms with Crippen molar-refractivity contribution in [2.75, 3.05) is 5.32 Å². The van der Waals surface area contributed by atoms with E-state index in [1.807, 2.05) is 13.8 Å². The highest BCUT2D eigenvalue weighted by Crippen LogP contribution is 2.16. The van der Waals surface area contributed by atoms with Crippen molar-refractivity contribution in [2.24, 2.45) is 7.05 Å². The van der Waals surface area contributed by atoms with Gasteiger partial charge in [-0.1, -0.05) is 17.7 Å². The second-order valence-electron chi connectivity index (χ2n) is 5.97. The second kappa shape index (κ2) is 6.69. The van der Waals surface area contributed by atoms with E-state index in [0.717, 1.165) is 22.3 Å². The molecule has 5 nitrogen and oxygen atoms in total. The van der Waals surface area contributed by atoms with Crippen LogP contribution in [0.3, 0.4) is 0 Å². The first-order valence-electron chi connectivity index (χ1n) is 7.57. The summed E-state index contributed by atoms with van der Waals surface area (Å²) in [4.78, 5) is 24.2. The number of urea groups is 1. The van der Waals surface area contributed by atoms with Gasteiger partial charge >= 0.3 is 6.03 Å². The molecule has 1 aromatic heterocycles. The van der Waals surface area contributed by atoms with Crippen LogP contribution in [0.5, 0.6) is 0 Å². The summed E-state index contributed by atoms with van der Waals surface area (Å²) >= 11 is 0. The van der Waals surface area contributed by atoms with E-state index in [2.05, 4.69) is 29.7 Å². The monoisotopic (exact) mass is 313 g/mol. The quantitative estimate of drug-likeness (QED) is 0.915. The number of pyridine rings is 1. The molecule has 1 heterocycles. The maximum Gasteiger partial charge on any atom is 0.319 e. The van der Waals surface area contributed by atoms with Gasteiger partial charge in [-0.05, 0) is 56.0 Å². The third-order valence-corrected chi connectivity index (χ3v) is 3.98. The molecule has 0 aliphatic carbocycles. The third-order valence-electron chi connectivity index (χ3n) is 3.98. The van der Waals surface area contributed by atoms with Crippen molar-refractivity contribution < 1.29 is 4.79 Å². The van der Waals surface area contributed by atoms with Crippen LogP contribution in [0.15, 0.2) is 29.2 Å². The predicted octanol–water partition coefficient (Wildman–Crippen LogP) is 2.94. The van der Waals surface area contributed by atoms with Crippen LogP contribution in [0.25, 0.3) is 0 Å². The molecule has 0 spiro atoms. The van der Waals surface area contributed by atoms with E-state index in [0.29, 0.717) is 12.2 Å². The molecule has 2 amide bonds. The number of hydrogen-bond donors (Lipinski definition) is 2.